The summed E-state index contributed by atoms with van der Waals surface area (Å²) in [7, 11) is 0. The third-order valence-electron chi connectivity index (χ3n) is 6.53. The van der Waals surface area contributed by atoms with Gasteiger partial charge < -0.3 is 10.7 Å². The molecule has 7 nitrogen and oxygen atoms in total. The molecule has 3 heterocycles. The van der Waals surface area contributed by atoms with E-state index >= 15 is 0 Å². The molecule has 0 spiro atoms. The molecule has 0 unspecified atom stereocenters. The van der Waals surface area contributed by atoms with Gasteiger partial charge in [-0.3, -0.25) is 9.69 Å². The summed E-state index contributed by atoms with van der Waals surface area (Å²) in [6.07, 6.45) is 2.71. The van der Waals surface area contributed by atoms with Crippen molar-refractivity contribution in [1.82, 2.24) is 19.5 Å². The van der Waals surface area contributed by atoms with Crippen molar-refractivity contribution in [3.8, 4) is 0 Å². The summed E-state index contributed by atoms with van der Waals surface area (Å²) in [5.41, 5.74) is 2.64. The van der Waals surface area contributed by atoms with Gasteiger partial charge in [0, 0.05) is 38.0 Å². The van der Waals surface area contributed by atoms with Crippen molar-refractivity contribution in [1.29, 1.82) is 0 Å². The van der Waals surface area contributed by atoms with E-state index in [4.69, 9.17) is 10.8 Å². The largest absolute Gasteiger partial charge is 0.354 e. The molecule has 0 amide bonds. The lowest BCUT2D eigenvalue weighted by Crippen LogP contribution is -2.46. The molecule has 2 aromatic heterocycles. The molecule has 0 aliphatic carbocycles. The quantitative estimate of drug-likeness (QED) is 0.365. The monoisotopic (exact) mass is 442 g/mol. The van der Waals surface area contributed by atoms with Crippen molar-refractivity contribution in [2.75, 3.05) is 43.5 Å². The summed E-state index contributed by atoms with van der Waals surface area (Å²) in [4.78, 5) is 26.9. The van der Waals surface area contributed by atoms with Gasteiger partial charge in [-0.1, -0.05) is 29.8 Å². The topological polar surface area (TPSA) is 80.3 Å². The molecule has 1 saturated heterocycles. The van der Waals surface area contributed by atoms with Crippen LogP contribution in [0.25, 0.3) is 21.8 Å². The fourth-order valence-corrected chi connectivity index (χ4v) is 4.59. The third kappa shape index (κ3) is 4.54. The summed E-state index contributed by atoms with van der Waals surface area (Å²) < 4.78 is 1.22. The molecule has 1 fully saturated rings. The number of nitrogens with zero attached hydrogens (tertiary/aromatic N) is 5. The third-order valence-corrected chi connectivity index (χ3v) is 6.53. The van der Waals surface area contributed by atoms with Gasteiger partial charge in [-0.15, -0.1) is 0 Å². The van der Waals surface area contributed by atoms with Gasteiger partial charge in [0.2, 0.25) is 0 Å². The van der Waals surface area contributed by atoms with Crippen molar-refractivity contribution < 1.29 is 0 Å². The van der Waals surface area contributed by atoms with Crippen LogP contribution in [0.15, 0.2) is 59.4 Å². The van der Waals surface area contributed by atoms with E-state index in [0.717, 1.165) is 68.0 Å². The molecule has 4 aromatic rings. The fourth-order valence-electron chi connectivity index (χ4n) is 4.59. The molecule has 1 aliphatic rings. The van der Waals surface area contributed by atoms with E-state index in [1.807, 2.05) is 37.3 Å². The average molecular weight is 443 g/mol. The van der Waals surface area contributed by atoms with E-state index in [-0.39, 0.29) is 5.56 Å². The zero-order valence-corrected chi connectivity index (χ0v) is 19.1. The number of rotatable bonds is 6. The Bertz CT molecular complexity index is 1340. The summed E-state index contributed by atoms with van der Waals surface area (Å²) in [5.74, 6) is 7.77. The molecule has 0 atom stereocenters. The molecule has 0 saturated carbocycles. The first-order valence-corrected chi connectivity index (χ1v) is 11.7. The zero-order valence-electron chi connectivity index (χ0n) is 19.1. The van der Waals surface area contributed by atoms with Crippen molar-refractivity contribution in [2.24, 2.45) is 0 Å². The van der Waals surface area contributed by atoms with Gasteiger partial charge in [-0.25, -0.2) is 14.6 Å². The number of anilines is 1. The molecule has 170 valence electrons. The van der Waals surface area contributed by atoms with Gasteiger partial charge in [0.05, 0.1) is 16.4 Å². The van der Waals surface area contributed by atoms with Crippen LogP contribution in [0.2, 0.25) is 0 Å². The van der Waals surface area contributed by atoms with E-state index in [1.165, 1.54) is 10.1 Å². The highest BCUT2D eigenvalue weighted by atomic mass is 16.1. The summed E-state index contributed by atoms with van der Waals surface area (Å²) in [5, 5.41) is 1.76. The lowest BCUT2D eigenvalue weighted by molar-refractivity contribution is 0.252. The number of benzene rings is 2. The Morgan fingerprint density at radius 3 is 2.58 bits per heavy atom. The number of nitrogens with two attached hydrogens (primary N) is 1. The SMILES string of the molecule is Cc1ccc2nc(CCCCN3CCN(c4ccc5ccccc5n4)CC3)n(N)c(=O)c2c1. The number of piperazine rings is 1. The number of aryl methyl sites for hydroxylation is 2. The number of hydrogen-bond acceptors (Lipinski definition) is 6. The van der Waals surface area contributed by atoms with Crippen LogP contribution < -0.4 is 16.3 Å². The minimum Gasteiger partial charge on any atom is -0.354 e. The number of unbranched alkanes of at least 4 members (excludes halogenated alkanes) is 1. The number of aromatic nitrogens is 3. The van der Waals surface area contributed by atoms with Crippen LogP contribution in [0.5, 0.6) is 0 Å². The highest BCUT2D eigenvalue weighted by molar-refractivity contribution is 5.80. The van der Waals surface area contributed by atoms with E-state index in [2.05, 4.69) is 39.0 Å². The Morgan fingerprint density at radius 2 is 1.73 bits per heavy atom. The predicted molar refractivity (Wildman–Crippen MR) is 134 cm³/mol. The highest BCUT2D eigenvalue weighted by Crippen LogP contribution is 2.19. The zero-order chi connectivity index (χ0) is 22.8. The molecule has 0 bridgehead atoms. The van der Waals surface area contributed by atoms with Crippen LogP contribution in [0.4, 0.5) is 5.82 Å². The number of nitrogen functional groups attached to an aromatic ring is 1. The average Bonchev–Trinajstić information content (AvgIpc) is 2.85. The maximum Gasteiger partial charge on any atom is 0.279 e. The van der Waals surface area contributed by atoms with Crippen LogP contribution in [-0.4, -0.2) is 52.3 Å². The molecule has 2 N–H and O–H groups in total. The molecule has 33 heavy (non-hydrogen) atoms. The Balaban J connectivity index is 1.12. The maximum atomic E-state index is 12.6. The van der Waals surface area contributed by atoms with Crippen molar-refractivity contribution >= 4 is 27.6 Å². The fraction of sp³-hybridized carbons (Fsp3) is 0.346. The van der Waals surface area contributed by atoms with Gasteiger partial charge >= 0.3 is 0 Å². The van der Waals surface area contributed by atoms with Gasteiger partial charge in [0.25, 0.3) is 5.56 Å². The molecule has 0 radical (unpaired) electrons. The van der Waals surface area contributed by atoms with Crippen molar-refractivity contribution in [3.63, 3.8) is 0 Å². The van der Waals surface area contributed by atoms with Crippen LogP contribution >= 0.6 is 0 Å². The normalized spacial score (nSPS) is 14.9. The second kappa shape index (κ2) is 9.19. The van der Waals surface area contributed by atoms with E-state index < -0.39 is 0 Å². The summed E-state index contributed by atoms with van der Waals surface area (Å²) in [6, 6.07) is 18.3. The minimum atomic E-state index is -0.169. The van der Waals surface area contributed by atoms with E-state index in [1.54, 1.807) is 0 Å². The van der Waals surface area contributed by atoms with Crippen molar-refractivity contribution in [3.05, 3.63) is 76.3 Å². The van der Waals surface area contributed by atoms with Crippen molar-refractivity contribution in [2.45, 2.75) is 26.2 Å². The van der Waals surface area contributed by atoms with Crippen LogP contribution in [-0.2, 0) is 6.42 Å². The van der Waals surface area contributed by atoms with E-state index in [0.29, 0.717) is 17.6 Å². The first-order valence-electron chi connectivity index (χ1n) is 11.7. The summed E-state index contributed by atoms with van der Waals surface area (Å²) >= 11 is 0. The van der Waals surface area contributed by atoms with Gasteiger partial charge in [-0.2, -0.15) is 0 Å². The second-order valence-corrected chi connectivity index (χ2v) is 8.87. The minimum absolute atomic E-state index is 0.169. The Hall–Kier alpha value is -3.45. The lowest BCUT2D eigenvalue weighted by Gasteiger charge is -2.35. The number of fused-ring (bicyclic) bond motifs is 2. The van der Waals surface area contributed by atoms with Crippen LogP contribution in [0.1, 0.15) is 24.2 Å². The molecule has 5 rings (SSSR count). The lowest BCUT2D eigenvalue weighted by atomic mass is 10.1. The van der Waals surface area contributed by atoms with Gasteiger partial charge in [0.15, 0.2) is 0 Å². The molecular formula is C26H30N6O. The smallest absolute Gasteiger partial charge is 0.279 e. The van der Waals surface area contributed by atoms with Crippen LogP contribution in [0.3, 0.4) is 0 Å². The highest BCUT2D eigenvalue weighted by Gasteiger charge is 2.18. The van der Waals surface area contributed by atoms with E-state index in [9.17, 15) is 4.79 Å². The first kappa shape index (κ1) is 21.4. The Kier molecular flexibility index (Phi) is 5.96. The standard InChI is InChI=1S/C26H30N6O/c1-19-9-11-23-21(18-19)26(33)32(27)25(29-23)8-4-5-13-30-14-16-31(17-15-30)24-12-10-20-6-2-3-7-22(20)28-24/h2-3,6-7,9-12,18H,4-5,8,13-17,27H2,1H3. The van der Waals surface area contributed by atoms with Gasteiger partial charge in [-0.05, 0) is 56.6 Å². The molecule has 2 aromatic carbocycles. The Morgan fingerprint density at radius 1 is 0.909 bits per heavy atom. The number of hydrogen-bond donors (Lipinski definition) is 1. The molecular weight excluding hydrogens is 412 g/mol. The Labute approximate surface area is 193 Å². The molecule has 1 aliphatic heterocycles. The van der Waals surface area contributed by atoms with Gasteiger partial charge in [0.1, 0.15) is 11.6 Å². The second-order valence-electron chi connectivity index (χ2n) is 8.87. The number of para-hydroxylation sites is 1. The maximum absolute atomic E-state index is 12.6. The molecule has 7 heteroatoms. The van der Waals surface area contributed by atoms with Crippen LogP contribution in [0, 0.1) is 6.92 Å². The summed E-state index contributed by atoms with van der Waals surface area (Å²) in [6.45, 7) is 7.04. The number of pyridine rings is 1. The first-order chi connectivity index (χ1) is 16.1. The predicted octanol–water partition coefficient (Wildman–Crippen LogP) is 3.11.